The molecule has 68 valence electrons. The molecule has 0 saturated carbocycles. The van der Waals surface area contributed by atoms with Gasteiger partial charge in [0.2, 0.25) is 5.91 Å². The van der Waals surface area contributed by atoms with Crippen LogP contribution in [0.1, 0.15) is 19.8 Å². The van der Waals surface area contributed by atoms with Crippen LogP contribution in [0, 0.1) is 5.92 Å². The molecule has 1 unspecified atom stereocenters. The molecule has 0 spiro atoms. The van der Waals surface area contributed by atoms with Gasteiger partial charge in [0.15, 0.2) is 0 Å². The van der Waals surface area contributed by atoms with Gasteiger partial charge in [-0.2, -0.15) is 0 Å². The summed E-state index contributed by atoms with van der Waals surface area (Å²) in [5.74, 6) is -1.34. The smallest absolute Gasteiger partial charge is 0.307 e. The van der Waals surface area contributed by atoms with E-state index in [0.29, 0.717) is 19.5 Å². The third kappa shape index (κ3) is 1.75. The van der Waals surface area contributed by atoms with Crippen LogP contribution in [0.4, 0.5) is 0 Å². The molecule has 1 saturated heterocycles. The van der Waals surface area contributed by atoms with Gasteiger partial charge >= 0.3 is 5.97 Å². The van der Waals surface area contributed by atoms with Crippen LogP contribution in [-0.2, 0) is 9.59 Å². The molecular weight excluding hydrogens is 158 g/mol. The number of piperidine rings is 1. The first-order chi connectivity index (χ1) is 5.65. The van der Waals surface area contributed by atoms with Crippen molar-refractivity contribution in [2.75, 3.05) is 13.1 Å². The average Bonchev–Trinajstić information content (AvgIpc) is 2.04. The van der Waals surface area contributed by atoms with Crippen LogP contribution in [0.25, 0.3) is 0 Å². The molecule has 1 aliphatic rings. The summed E-state index contributed by atoms with van der Waals surface area (Å²) < 4.78 is 0. The minimum absolute atomic E-state index is 0.0313. The molecule has 12 heavy (non-hydrogen) atoms. The van der Waals surface area contributed by atoms with Gasteiger partial charge in [-0.3, -0.25) is 9.59 Å². The molecule has 0 aromatic carbocycles. The molecule has 1 aliphatic heterocycles. The van der Waals surface area contributed by atoms with E-state index in [2.05, 4.69) is 0 Å². The molecule has 4 heteroatoms. The molecular formula is C8H13NO3. The number of carboxylic acids is 1. The summed E-state index contributed by atoms with van der Waals surface area (Å²) in [4.78, 5) is 23.4. The standard InChI is InChI=1S/C8H13NO3/c1-2-9-4-3-6(8(11)12)5-7(9)10/h6H,2-5H2,1H3,(H,11,12). The zero-order chi connectivity index (χ0) is 9.14. The van der Waals surface area contributed by atoms with Crippen molar-refractivity contribution in [3.8, 4) is 0 Å². The first kappa shape index (κ1) is 9.03. The van der Waals surface area contributed by atoms with Crippen LogP contribution in [0.3, 0.4) is 0 Å². The Morgan fingerprint density at radius 2 is 2.42 bits per heavy atom. The van der Waals surface area contributed by atoms with Gasteiger partial charge in [-0.25, -0.2) is 0 Å². The predicted octanol–water partition coefficient (Wildman–Crippen LogP) is 0.329. The van der Waals surface area contributed by atoms with Crippen LogP contribution < -0.4 is 0 Å². The summed E-state index contributed by atoms with van der Waals surface area (Å²) in [6.07, 6.45) is 0.762. The average molecular weight is 171 g/mol. The number of rotatable bonds is 2. The molecule has 1 atom stereocenters. The fourth-order valence-corrected chi connectivity index (χ4v) is 1.42. The van der Waals surface area contributed by atoms with Crippen molar-refractivity contribution in [2.45, 2.75) is 19.8 Å². The SMILES string of the molecule is CCN1CCC(C(=O)O)CC1=O. The zero-order valence-electron chi connectivity index (χ0n) is 7.12. The van der Waals surface area contributed by atoms with E-state index in [-0.39, 0.29) is 12.3 Å². The molecule has 0 aromatic heterocycles. The number of amides is 1. The maximum Gasteiger partial charge on any atom is 0.307 e. The van der Waals surface area contributed by atoms with Gasteiger partial charge in [0.25, 0.3) is 0 Å². The Balaban J connectivity index is 2.52. The van der Waals surface area contributed by atoms with Gasteiger partial charge in [0.1, 0.15) is 0 Å². The number of carbonyl (C=O) groups is 2. The monoisotopic (exact) mass is 171 g/mol. The van der Waals surface area contributed by atoms with Crippen molar-refractivity contribution in [1.82, 2.24) is 4.90 Å². The number of carboxylic acid groups (broad SMARTS) is 1. The molecule has 0 bridgehead atoms. The molecule has 4 nitrogen and oxygen atoms in total. The lowest BCUT2D eigenvalue weighted by atomic mass is 9.97. The fraction of sp³-hybridized carbons (Fsp3) is 0.750. The molecule has 1 N–H and O–H groups in total. The van der Waals surface area contributed by atoms with E-state index in [1.54, 1.807) is 4.90 Å². The fourth-order valence-electron chi connectivity index (χ4n) is 1.42. The number of carbonyl (C=O) groups excluding carboxylic acids is 1. The molecule has 0 aromatic rings. The van der Waals surface area contributed by atoms with E-state index in [9.17, 15) is 9.59 Å². The van der Waals surface area contributed by atoms with Crippen LogP contribution >= 0.6 is 0 Å². The van der Waals surface area contributed by atoms with Gasteiger partial charge in [-0.1, -0.05) is 0 Å². The minimum atomic E-state index is -0.848. The number of likely N-dealkylation sites (tertiary alicyclic amines) is 1. The third-order valence-electron chi connectivity index (χ3n) is 2.25. The lowest BCUT2D eigenvalue weighted by Gasteiger charge is -2.28. The van der Waals surface area contributed by atoms with E-state index < -0.39 is 11.9 Å². The summed E-state index contributed by atoms with van der Waals surface area (Å²) in [5.41, 5.74) is 0. The maximum atomic E-state index is 11.2. The predicted molar refractivity (Wildman–Crippen MR) is 42.6 cm³/mol. The molecule has 1 rings (SSSR count). The highest BCUT2D eigenvalue weighted by Crippen LogP contribution is 2.17. The van der Waals surface area contributed by atoms with E-state index in [1.807, 2.05) is 6.92 Å². The first-order valence-electron chi connectivity index (χ1n) is 4.15. The second-order valence-electron chi connectivity index (χ2n) is 3.00. The Labute approximate surface area is 71.2 Å². The Morgan fingerprint density at radius 3 is 2.83 bits per heavy atom. The lowest BCUT2D eigenvalue weighted by molar-refractivity contribution is -0.149. The van der Waals surface area contributed by atoms with Gasteiger partial charge < -0.3 is 10.0 Å². The third-order valence-corrected chi connectivity index (χ3v) is 2.25. The Kier molecular flexibility index (Phi) is 2.68. The van der Waals surface area contributed by atoms with E-state index in [1.165, 1.54) is 0 Å². The van der Waals surface area contributed by atoms with Crippen molar-refractivity contribution < 1.29 is 14.7 Å². The van der Waals surface area contributed by atoms with Gasteiger partial charge in [0, 0.05) is 19.5 Å². The lowest BCUT2D eigenvalue weighted by Crippen LogP contribution is -2.40. The summed E-state index contributed by atoms with van der Waals surface area (Å²) in [6.45, 7) is 3.18. The largest absolute Gasteiger partial charge is 0.481 e. The number of nitrogens with zero attached hydrogens (tertiary/aromatic N) is 1. The van der Waals surface area contributed by atoms with E-state index in [4.69, 9.17) is 5.11 Å². The van der Waals surface area contributed by atoms with Crippen molar-refractivity contribution in [3.63, 3.8) is 0 Å². The van der Waals surface area contributed by atoms with Gasteiger partial charge in [-0.05, 0) is 13.3 Å². The number of hydrogen-bond acceptors (Lipinski definition) is 2. The zero-order valence-corrected chi connectivity index (χ0v) is 7.12. The first-order valence-corrected chi connectivity index (χ1v) is 4.15. The van der Waals surface area contributed by atoms with Crippen molar-refractivity contribution in [2.24, 2.45) is 5.92 Å². The van der Waals surface area contributed by atoms with Crippen LogP contribution in [0.5, 0.6) is 0 Å². The van der Waals surface area contributed by atoms with Crippen LogP contribution in [0.2, 0.25) is 0 Å². The van der Waals surface area contributed by atoms with Crippen molar-refractivity contribution in [3.05, 3.63) is 0 Å². The Morgan fingerprint density at radius 1 is 1.75 bits per heavy atom. The highest BCUT2D eigenvalue weighted by molar-refractivity contribution is 5.83. The van der Waals surface area contributed by atoms with Crippen LogP contribution in [0.15, 0.2) is 0 Å². The van der Waals surface area contributed by atoms with Gasteiger partial charge in [0.05, 0.1) is 5.92 Å². The van der Waals surface area contributed by atoms with Crippen LogP contribution in [-0.4, -0.2) is 35.0 Å². The summed E-state index contributed by atoms with van der Waals surface area (Å²) in [5, 5.41) is 8.64. The highest BCUT2D eigenvalue weighted by Gasteiger charge is 2.28. The highest BCUT2D eigenvalue weighted by atomic mass is 16.4. The molecule has 1 heterocycles. The van der Waals surface area contributed by atoms with Crippen molar-refractivity contribution >= 4 is 11.9 Å². The summed E-state index contributed by atoms with van der Waals surface area (Å²) in [7, 11) is 0. The van der Waals surface area contributed by atoms with E-state index >= 15 is 0 Å². The normalized spacial score (nSPS) is 24.2. The number of hydrogen-bond donors (Lipinski definition) is 1. The number of aliphatic carboxylic acids is 1. The topological polar surface area (TPSA) is 57.6 Å². The summed E-state index contributed by atoms with van der Waals surface area (Å²) >= 11 is 0. The molecule has 1 amide bonds. The Bertz CT molecular complexity index is 202. The molecule has 1 fully saturated rings. The second-order valence-corrected chi connectivity index (χ2v) is 3.00. The van der Waals surface area contributed by atoms with Crippen molar-refractivity contribution in [1.29, 1.82) is 0 Å². The quantitative estimate of drug-likeness (QED) is 0.651. The van der Waals surface area contributed by atoms with Gasteiger partial charge in [-0.15, -0.1) is 0 Å². The van der Waals surface area contributed by atoms with E-state index in [0.717, 1.165) is 0 Å². The molecule has 0 radical (unpaired) electrons. The maximum absolute atomic E-state index is 11.2. The minimum Gasteiger partial charge on any atom is -0.481 e. The Hall–Kier alpha value is -1.06. The summed E-state index contributed by atoms with van der Waals surface area (Å²) in [6, 6.07) is 0. The second kappa shape index (κ2) is 3.56. The molecule has 0 aliphatic carbocycles.